The quantitative estimate of drug-likeness (QED) is 0.791. The molecule has 1 atom stereocenters. The van der Waals surface area contributed by atoms with Gasteiger partial charge >= 0.3 is 0 Å². The molecule has 108 valence electrons. The molecule has 19 heavy (non-hydrogen) atoms. The van der Waals surface area contributed by atoms with Crippen LogP contribution >= 0.6 is 11.8 Å². The number of nitrogens with one attached hydrogen (secondary N) is 1. The van der Waals surface area contributed by atoms with Crippen LogP contribution in [-0.2, 0) is 0 Å². The summed E-state index contributed by atoms with van der Waals surface area (Å²) >= 11 is 1.98. The van der Waals surface area contributed by atoms with Crippen molar-refractivity contribution in [1.29, 1.82) is 0 Å². The normalized spacial score (nSPS) is 13.0. The molecule has 3 nitrogen and oxygen atoms in total. The van der Waals surface area contributed by atoms with Gasteiger partial charge in [-0.1, -0.05) is 13.8 Å². The largest absolute Gasteiger partial charge is 0.489 e. The summed E-state index contributed by atoms with van der Waals surface area (Å²) in [5.74, 6) is 3.83. The second-order valence-electron chi connectivity index (χ2n) is 5.39. The van der Waals surface area contributed by atoms with E-state index in [1.54, 1.807) is 6.20 Å². The van der Waals surface area contributed by atoms with E-state index < -0.39 is 0 Å². The number of rotatable bonds is 8. The van der Waals surface area contributed by atoms with Crippen molar-refractivity contribution in [1.82, 2.24) is 10.3 Å². The fourth-order valence-corrected chi connectivity index (χ4v) is 2.93. The molecule has 0 saturated carbocycles. The lowest BCUT2D eigenvalue weighted by molar-refractivity contribution is 0.241. The summed E-state index contributed by atoms with van der Waals surface area (Å²) < 4.78 is 5.70. The van der Waals surface area contributed by atoms with Crippen LogP contribution in [0.3, 0.4) is 0 Å². The molecule has 0 radical (unpaired) electrons. The number of thioether (sulfide) groups is 1. The minimum Gasteiger partial charge on any atom is -0.489 e. The maximum Gasteiger partial charge on any atom is 0.138 e. The van der Waals surface area contributed by atoms with Crippen LogP contribution in [-0.4, -0.2) is 29.6 Å². The number of pyridine rings is 1. The number of nitrogens with zero attached hydrogens (tertiary/aromatic N) is 1. The van der Waals surface area contributed by atoms with E-state index >= 15 is 0 Å². The minimum atomic E-state index is 0.181. The van der Waals surface area contributed by atoms with Crippen LogP contribution in [0, 0.1) is 5.92 Å². The molecular formula is C15H26N2OS. The molecule has 0 aliphatic heterocycles. The molecule has 0 bridgehead atoms. The lowest BCUT2D eigenvalue weighted by atomic mass is 10.1. The van der Waals surface area contributed by atoms with Gasteiger partial charge in [0.05, 0.1) is 12.3 Å². The van der Waals surface area contributed by atoms with E-state index in [4.69, 9.17) is 4.74 Å². The molecule has 0 amide bonds. The van der Waals surface area contributed by atoms with E-state index in [-0.39, 0.29) is 6.10 Å². The molecule has 1 heterocycles. The van der Waals surface area contributed by atoms with Crippen LogP contribution in [0.2, 0.25) is 0 Å². The third-order valence-corrected chi connectivity index (χ3v) is 4.06. The topological polar surface area (TPSA) is 34.2 Å². The van der Waals surface area contributed by atoms with Gasteiger partial charge in [0.25, 0.3) is 0 Å². The Bertz CT molecular complexity index is 369. The Balaban J connectivity index is 2.64. The number of ether oxygens (including phenoxy) is 1. The van der Waals surface area contributed by atoms with Gasteiger partial charge in [-0.2, -0.15) is 11.8 Å². The van der Waals surface area contributed by atoms with Gasteiger partial charge in [0.2, 0.25) is 0 Å². The fraction of sp³-hybridized carbons (Fsp3) is 0.667. The van der Waals surface area contributed by atoms with Gasteiger partial charge in [-0.15, -0.1) is 0 Å². The number of hydrogen-bond acceptors (Lipinski definition) is 4. The SMILES string of the molecule is CNC(CSCC(C)C)c1cncc(OC(C)C)c1. The average Bonchev–Trinajstić information content (AvgIpc) is 2.34. The van der Waals surface area contributed by atoms with Gasteiger partial charge in [-0.25, -0.2) is 0 Å². The Hall–Kier alpha value is -0.740. The van der Waals surface area contributed by atoms with E-state index in [9.17, 15) is 0 Å². The second kappa shape index (κ2) is 8.43. The highest BCUT2D eigenvalue weighted by molar-refractivity contribution is 7.99. The van der Waals surface area contributed by atoms with Gasteiger partial charge in [-0.3, -0.25) is 4.98 Å². The summed E-state index contributed by atoms with van der Waals surface area (Å²) in [4.78, 5) is 4.28. The van der Waals surface area contributed by atoms with Crippen LogP contribution < -0.4 is 10.1 Å². The van der Waals surface area contributed by atoms with E-state index in [0.717, 1.165) is 17.4 Å². The molecule has 4 heteroatoms. The summed E-state index contributed by atoms with van der Waals surface area (Å²) in [5, 5.41) is 3.36. The molecule has 0 saturated heterocycles. The first kappa shape index (κ1) is 16.3. The summed E-state index contributed by atoms with van der Waals surface area (Å²) in [5.41, 5.74) is 1.19. The predicted molar refractivity (Wildman–Crippen MR) is 84.0 cm³/mol. The Morgan fingerprint density at radius 2 is 1.95 bits per heavy atom. The minimum absolute atomic E-state index is 0.181. The fourth-order valence-electron chi connectivity index (χ4n) is 1.73. The summed E-state index contributed by atoms with van der Waals surface area (Å²) in [6, 6.07) is 2.41. The highest BCUT2D eigenvalue weighted by Crippen LogP contribution is 2.22. The lowest BCUT2D eigenvalue weighted by Gasteiger charge is -2.18. The maximum atomic E-state index is 5.70. The highest BCUT2D eigenvalue weighted by atomic mass is 32.2. The Morgan fingerprint density at radius 3 is 2.53 bits per heavy atom. The number of aromatic nitrogens is 1. The summed E-state index contributed by atoms with van der Waals surface area (Å²) in [6.45, 7) is 8.56. The molecular weight excluding hydrogens is 256 g/mol. The molecule has 1 aromatic rings. The van der Waals surface area contributed by atoms with Gasteiger partial charge in [0, 0.05) is 18.0 Å². The van der Waals surface area contributed by atoms with Crippen molar-refractivity contribution in [3.63, 3.8) is 0 Å². The molecule has 0 aliphatic rings. The highest BCUT2D eigenvalue weighted by Gasteiger charge is 2.11. The van der Waals surface area contributed by atoms with Crippen molar-refractivity contribution in [2.75, 3.05) is 18.6 Å². The van der Waals surface area contributed by atoms with E-state index in [2.05, 4.69) is 30.2 Å². The molecule has 1 aromatic heterocycles. The maximum absolute atomic E-state index is 5.70. The van der Waals surface area contributed by atoms with Crippen LogP contribution in [0.4, 0.5) is 0 Å². The average molecular weight is 282 g/mol. The Kier molecular flexibility index (Phi) is 7.24. The zero-order valence-corrected chi connectivity index (χ0v) is 13.5. The first-order valence-electron chi connectivity index (χ1n) is 6.89. The monoisotopic (exact) mass is 282 g/mol. The van der Waals surface area contributed by atoms with Gasteiger partial charge in [0.15, 0.2) is 0 Å². The number of hydrogen-bond donors (Lipinski definition) is 1. The van der Waals surface area contributed by atoms with Crippen molar-refractivity contribution in [3.05, 3.63) is 24.0 Å². The smallest absolute Gasteiger partial charge is 0.138 e. The van der Waals surface area contributed by atoms with E-state index in [0.29, 0.717) is 6.04 Å². The van der Waals surface area contributed by atoms with E-state index in [1.165, 1.54) is 11.3 Å². The van der Waals surface area contributed by atoms with Gasteiger partial charge < -0.3 is 10.1 Å². The zero-order valence-electron chi connectivity index (χ0n) is 12.6. The summed E-state index contributed by atoms with van der Waals surface area (Å²) in [6.07, 6.45) is 3.88. The van der Waals surface area contributed by atoms with Crippen molar-refractivity contribution in [3.8, 4) is 5.75 Å². The third kappa shape index (κ3) is 6.30. The summed E-state index contributed by atoms with van der Waals surface area (Å²) in [7, 11) is 2.00. The van der Waals surface area contributed by atoms with Crippen LogP contribution in [0.5, 0.6) is 5.75 Å². The Labute approximate surface area is 121 Å². The van der Waals surface area contributed by atoms with Crippen molar-refractivity contribution < 1.29 is 4.74 Å². The van der Waals surface area contributed by atoms with Crippen LogP contribution in [0.1, 0.15) is 39.3 Å². The molecule has 1 unspecified atom stereocenters. The van der Waals surface area contributed by atoms with Crippen molar-refractivity contribution in [2.45, 2.75) is 39.8 Å². The molecule has 0 fully saturated rings. The predicted octanol–water partition coefficient (Wildman–Crippen LogP) is 3.52. The first-order chi connectivity index (χ1) is 9.02. The molecule has 1 N–H and O–H groups in total. The zero-order chi connectivity index (χ0) is 14.3. The lowest BCUT2D eigenvalue weighted by Crippen LogP contribution is -2.19. The van der Waals surface area contributed by atoms with Crippen molar-refractivity contribution >= 4 is 11.8 Å². The van der Waals surface area contributed by atoms with Crippen molar-refractivity contribution in [2.24, 2.45) is 5.92 Å². The van der Waals surface area contributed by atoms with Gasteiger partial charge in [0.1, 0.15) is 5.75 Å². The standard InChI is InChI=1S/C15H26N2OS/c1-11(2)9-19-10-15(16-5)13-6-14(8-17-7-13)18-12(3)4/h6-8,11-12,15-16H,9-10H2,1-5H3. The van der Waals surface area contributed by atoms with E-state index in [1.807, 2.05) is 38.9 Å². The third-order valence-electron chi connectivity index (χ3n) is 2.59. The molecule has 0 spiro atoms. The van der Waals surface area contributed by atoms with Crippen LogP contribution in [0.15, 0.2) is 18.5 Å². The second-order valence-corrected chi connectivity index (χ2v) is 6.47. The first-order valence-corrected chi connectivity index (χ1v) is 8.05. The van der Waals surface area contributed by atoms with Crippen LogP contribution in [0.25, 0.3) is 0 Å². The Morgan fingerprint density at radius 1 is 1.21 bits per heavy atom. The molecule has 0 aromatic carbocycles. The molecule has 1 rings (SSSR count). The van der Waals surface area contributed by atoms with Gasteiger partial charge in [-0.05, 0) is 44.2 Å². The molecule has 0 aliphatic carbocycles.